The number of aryl methyl sites for hydroxylation is 1. The maximum Gasteiger partial charge on any atom is 0.243 e. The molecule has 0 spiro atoms. The number of ether oxygens (including phenoxy) is 1. The Morgan fingerprint density at radius 2 is 1.68 bits per heavy atom. The van der Waals surface area contributed by atoms with E-state index in [1.165, 1.54) is 12.1 Å². The van der Waals surface area contributed by atoms with Crippen LogP contribution in [0.25, 0.3) is 0 Å². The van der Waals surface area contributed by atoms with Gasteiger partial charge in [-0.05, 0) is 61.4 Å². The van der Waals surface area contributed by atoms with Crippen LogP contribution in [0.4, 0.5) is 0 Å². The quantitative estimate of drug-likeness (QED) is 0.411. The second kappa shape index (κ2) is 11.2. The fraction of sp³-hybridized carbons (Fsp3) is 0.240. The standard InChI is InChI=1S/C25H26Cl2N2O4S/c1-17-4-12-23(13-5-17)34(31,32)29(15-20-6-9-21(26)14-24(20)27)16-25(30)28-18(2)19-7-10-22(33-3)11-8-19/h4-14,18H,15-16H2,1-3H3,(H,28,30)/t18-/m1/s1. The number of rotatable bonds is 9. The SMILES string of the molecule is COc1ccc([C@@H](C)NC(=O)CN(Cc2ccc(Cl)cc2Cl)S(=O)(=O)c2ccc(C)cc2)cc1. The van der Waals surface area contributed by atoms with Gasteiger partial charge in [-0.25, -0.2) is 8.42 Å². The molecule has 3 rings (SSSR count). The van der Waals surface area contributed by atoms with Crippen molar-refractivity contribution in [3.8, 4) is 5.75 Å². The highest BCUT2D eigenvalue weighted by Crippen LogP contribution is 2.25. The number of hydrogen-bond donors (Lipinski definition) is 1. The van der Waals surface area contributed by atoms with Crippen LogP contribution in [0.2, 0.25) is 10.0 Å². The second-order valence-corrected chi connectivity index (χ2v) is 10.7. The number of halogens is 2. The smallest absolute Gasteiger partial charge is 0.243 e. The largest absolute Gasteiger partial charge is 0.497 e. The highest BCUT2D eigenvalue weighted by Gasteiger charge is 2.28. The van der Waals surface area contributed by atoms with E-state index < -0.39 is 15.9 Å². The number of hydrogen-bond acceptors (Lipinski definition) is 4. The number of carbonyl (C=O) groups is 1. The Kier molecular flexibility index (Phi) is 8.60. The molecule has 0 radical (unpaired) electrons. The number of nitrogens with one attached hydrogen (secondary N) is 1. The van der Waals surface area contributed by atoms with Crippen molar-refractivity contribution in [2.75, 3.05) is 13.7 Å². The number of sulfonamides is 1. The summed E-state index contributed by atoms with van der Waals surface area (Å²) in [7, 11) is -2.40. The van der Waals surface area contributed by atoms with Gasteiger partial charge in [-0.2, -0.15) is 4.31 Å². The predicted octanol–water partition coefficient (Wildman–Crippen LogP) is 5.38. The molecule has 1 amide bonds. The molecule has 180 valence electrons. The van der Waals surface area contributed by atoms with Crippen LogP contribution < -0.4 is 10.1 Å². The minimum absolute atomic E-state index is 0.0868. The average molecular weight is 521 g/mol. The Balaban J connectivity index is 1.84. The molecule has 3 aromatic rings. The molecule has 3 aromatic carbocycles. The first kappa shape index (κ1) is 26.0. The van der Waals surface area contributed by atoms with Crippen LogP contribution in [0.1, 0.15) is 29.7 Å². The van der Waals surface area contributed by atoms with E-state index in [1.807, 2.05) is 26.0 Å². The van der Waals surface area contributed by atoms with Crippen molar-refractivity contribution in [2.24, 2.45) is 0 Å². The molecule has 0 heterocycles. The Morgan fingerprint density at radius 3 is 2.26 bits per heavy atom. The molecule has 34 heavy (non-hydrogen) atoms. The molecule has 9 heteroatoms. The number of methoxy groups -OCH3 is 1. The Labute approximate surface area is 210 Å². The lowest BCUT2D eigenvalue weighted by atomic mass is 10.1. The normalized spacial score (nSPS) is 12.4. The lowest BCUT2D eigenvalue weighted by molar-refractivity contribution is -0.122. The summed E-state index contributed by atoms with van der Waals surface area (Å²) in [4.78, 5) is 13.0. The highest BCUT2D eigenvalue weighted by molar-refractivity contribution is 7.89. The van der Waals surface area contributed by atoms with Gasteiger partial charge < -0.3 is 10.1 Å². The summed E-state index contributed by atoms with van der Waals surface area (Å²) in [6, 6.07) is 18.3. The van der Waals surface area contributed by atoms with Gasteiger partial charge in [0.05, 0.1) is 24.6 Å². The second-order valence-electron chi connectivity index (χ2n) is 7.88. The van der Waals surface area contributed by atoms with Gasteiger partial charge in [-0.3, -0.25) is 4.79 Å². The van der Waals surface area contributed by atoms with Crippen molar-refractivity contribution in [2.45, 2.75) is 31.3 Å². The first-order valence-corrected chi connectivity index (χ1v) is 12.7. The zero-order valence-corrected chi connectivity index (χ0v) is 21.4. The molecule has 0 aliphatic carbocycles. The molecule has 6 nitrogen and oxygen atoms in total. The molecule has 0 unspecified atom stereocenters. The Morgan fingerprint density at radius 1 is 1.03 bits per heavy atom. The molecule has 1 N–H and O–H groups in total. The maximum absolute atomic E-state index is 13.5. The molecule has 0 fully saturated rings. The van der Waals surface area contributed by atoms with Crippen LogP contribution >= 0.6 is 23.2 Å². The van der Waals surface area contributed by atoms with Gasteiger partial charge in [0.2, 0.25) is 15.9 Å². The van der Waals surface area contributed by atoms with Crippen LogP contribution in [0.5, 0.6) is 5.75 Å². The number of benzene rings is 3. The summed E-state index contributed by atoms with van der Waals surface area (Å²) in [6.07, 6.45) is 0. The topological polar surface area (TPSA) is 75.7 Å². The van der Waals surface area contributed by atoms with Crippen molar-refractivity contribution in [1.29, 1.82) is 0 Å². The monoisotopic (exact) mass is 520 g/mol. The molecular formula is C25H26Cl2N2O4S. The third kappa shape index (κ3) is 6.51. The summed E-state index contributed by atoms with van der Waals surface area (Å²) in [5.41, 5.74) is 2.33. The minimum Gasteiger partial charge on any atom is -0.497 e. The van der Waals surface area contributed by atoms with Gasteiger partial charge >= 0.3 is 0 Å². The van der Waals surface area contributed by atoms with Gasteiger partial charge in [-0.1, -0.05) is 59.1 Å². The molecule has 1 atom stereocenters. The van der Waals surface area contributed by atoms with Crippen LogP contribution in [0.3, 0.4) is 0 Å². The fourth-order valence-corrected chi connectivity index (χ4v) is 5.19. The molecule has 0 aromatic heterocycles. The van der Waals surface area contributed by atoms with Crippen LogP contribution in [0, 0.1) is 6.92 Å². The zero-order valence-electron chi connectivity index (χ0n) is 19.1. The number of amides is 1. The summed E-state index contributed by atoms with van der Waals surface area (Å²) in [5, 5.41) is 3.63. The number of nitrogens with zero attached hydrogens (tertiary/aromatic N) is 1. The van der Waals surface area contributed by atoms with Crippen molar-refractivity contribution < 1.29 is 17.9 Å². The molecule has 0 saturated heterocycles. The summed E-state index contributed by atoms with van der Waals surface area (Å²) in [6.45, 7) is 3.23. The van der Waals surface area contributed by atoms with E-state index >= 15 is 0 Å². The lowest BCUT2D eigenvalue weighted by Gasteiger charge is -2.24. The van der Waals surface area contributed by atoms with Crippen molar-refractivity contribution in [1.82, 2.24) is 9.62 Å². The molecular weight excluding hydrogens is 495 g/mol. The van der Waals surface area contributed by atoms with Crippen LogP contribution in [0.15, 0.2) is 71.6 Å². The zero-order chi connectivity index (χ0) is 24.9. The van der Waals surface area contributed by atoms with Gasteiger partial charge in [0.1, 0.15) is 5.75 Å². The first-order valence-electron chi connectivity index (χ1n) is 10.5. The highest BCUT2D eigenvalue weighted by atomic mass is 35.5. The van der Waals surface area contributed by atoms with Gasteiger partial charge in [-0.15, -0.1) is 0 Å². The van der Waals surface area contributed by atoms with Crippen LogP contribution in [-0.2, 0) is 21.4 Å². The van der Waals surface area contributed by atoms with Crippen molar-refractivity contribution in [3.63, 3.8) is 0 Å². The summed E-state index contributed by atoms with van der Waals surface area (Å²) >= 11 is 12.3. The van der Waals surface area contributed by atoms with E-state index in [4.69, 9.17) is 27.9 Å². The van der Waals surface area contributed by atoms with E-state index in [9.17, 15) is 13.2 Å². The fourth-order valence-electron chi connectivity index (χ4n) is 3.35. The average Bonchev–Trinajstić information content (AvgIpc) is 2.80. The maximum atomic E-state index is 13.5. The third-order valence-electron chi connectivity index (χ3n) is 5.33. The first-order chi connectivity index (χ1) is 16.1. The van der Waals surface area contributed by atoms with Crippen LogP contribution in [-0.4, -0.2) is 32.3 Å². The molecule has 0 aliphatic heterocycles. The lowest BCUT2D eigenvalue weighted by Crippen LogP contribution is -2.41. The molecule has 0 saturated carbocycles. The van der Waals surface area contributed by atoms with E-state index in [0.29, 0.717) is 21.4 Å². The summed E-state index contributed by atoms with van der Waals surface area (Å²) in [5.74, 6) is 0.265. The minimum atomic E-state index is -3.98. The van der Waals surface area contributed by atoms with E-state index in [1.54, 1.807) is 49.6 Å². The summed E-state index contributed by atoms with van der Waals surface area (Å²) < 4.78 is 33.2. The predicted molar refractivity (Wildman–Crippen MR) is 135 cm³/mol. The van der Waals surface area contributed by atoms with Gasteiger partial charge in [0.25, 0.3) is 0 Å². The Bertz CT molecular complexity index is 1250. The number of carbonyl (C=O) groups excluding carboxylic acids is 1. The van der Waals surface area contributed by atoms with E-state index in [-0.39, 0.29) is 24.0 Å². The van der Waals surface area contributed by atoms with Crippen molar-refractivity contribution in [3.05, 3.63) is 93.5 Å². The third-order valence-corrected chi connectivity index (χ3v) is 7.73. The molecule has 0 aliphatic rings. The Hall–Kier alpha value is -2.58. The van der Waals surface area contributed by atoms with Crippen molar-refractivity contribution >= 4 is 39.1 Å². The van der Waals surface area contributed by atoms with Gasteiger partial charge in [0.15, 0.2) is 0 Å². The van der Waals surface area contributed by atoms with E-state index in [0.717, 1.165) is 15.4 Å². The van der Waals surface area contributed by atoms with E-state index in [2.05, 4.69) is 5.32 Å². The molecule has 0 bridgehead atoms. The van der Waals surface area contributed by atoms with Gasteiger partial charge in [0, 0.05) is 16.6 Å².